The minimum Gasteiger partial charge on any atom is -0.495 e. The summed E-state index contributed by atoms with van der Waals surface area (Å²) in [5.74, 6) is 0.653. The number of hydrogen-bond acceptors (Lipinski definition) is 4. The quantitative estimate of drug-likeness (QED) is 0.378. The Morgan fingerprint density at radius 1 is 1.06 bits per heavy atom. The third kappa shape index (κ3) is 3.88. The van der Waals surface area contributed by atoms with Crippen LogP contribution in [0.25, 0.3) is 5.00 Å². The Morgan fingerprint density at radius 3 is 2.69 bits per heavy atom. The molecule has 0 bridgehead atoms. The molecule has 2 aromatic heterocycles. The van der Waals surface area contributed by atoms with Gasteiger partial charge in [-0.2, -0.15) is 0 Å². The number of nitrogens with zero attached hydrogens (tertiary/aromatic N) is 3. The minimum atomic E-state index is -0.224. The third-order valence-electron chi connectivity index (χ3n) is 7.23. The van der Waals surface area contributed by atoms with Gasteiger partial charge in [-0.3, -0.25) is 0 Å². The fourth-order valence-corrected chi connectivity index (χ4v) is 6.89. The summed E-state index contributed by atoms with van der Waals surface area (Å²) in [7, 11) is 3.81. The first-order valence-corrected chi connectivity index (χ1v) is 13.1. The Bertz CT molecular complexity index is 1420. The number of thiophene rings is 1. The molecular formula is C29H30N4O2S. The zero-order valence-electron chi connectivity index (χ0n) is 20.8. The van der Waals surface area contributed by atoms with Crippen LogP contribution in [0.4, 0.5) is 10.5 Å². The zero-order chi connectivity index (χ0) is 24.8. The molecule has 0 spiro atoms. The topological polar surface area (TPSA) is 49.7 Å². The number of rotatable bonds is 3. The predicted octanol–water partition coefficient (Wildman–Crippen LogP) is 5.98. The van der Waals surface area contributed by atoms with E-state index in [0.29, 0.717) is 18.0 Å². The van der Waals surface area contributed by atoms with Gasteiger partial charge in [-0.05, 0) is 61.3 Å². The Labute approximate surface area is 215 Å². The van der Waals surface area contributed by atoms with Gasteiger partial charge < -0.3 is 24.4 Å². The SMILES string of the molecule is COc1ccc(C)cc1NC(=O)N1Cc2c(sc3c2CCN(C)C3)-n2cccc2C1c1ccccc1. The van der Waals surface area contributed by atoms with Gasteiger partial charge in [0.2, 0.25) is 0 Å². The van der Waals surface area contributed by atoms with Crippen molar-refractivity contribution in [1.82, 2.24) is 14.4 Å². The number of benzene rings is 2. The number of urea groups is 1. The maximum atomic E-state index is 14.1. The smallest absolute Gasteiger partial charge is 0.323 e. The minimum absolute atomic E-state index is 0.138. The molecule has 4 heterocycles. The van der Waals surface area contributed by atoms with Crippen molar-refractivity contribution in [3.8, 4) is 10.8 Å². The number of nitrogens with one attached hydrogen (secondary N) is 1. The van der Waals surface area contributed by atoms with Crippen molar-refractivity contribution in [3.63, 3.8) is 0 Å². The summed E-state index contributed by atoms with van der Waals surface area (Å²) < 4.78 is 7.86. The highest BCUT2D eigenvalue weighted by molar-refractivity contribution is 7.15. The summed E-state index contributed by atoms with van der Waals surface area (Å²) in [5.41, 5.74) is 6.61. The number of aromatic nitrogens is 1. The molecule has 36 heavy (non-hydrogen) atoms. The van der Waals surface area contributed by atoms with Crippen LogP contribution in [0.3, 0.4) is 0 Å². The second-order valence-corrected chi connectivity index (χ2v) is 10.7. The van der Waals surface area contributed by atoms with E-state index in [2.05, 4.69) is 52.3 Å². The summed E-state index contributed by atoms with van der Waals surface area (Å²) in [4.78, 5) is 19.9. The number of likely N-dealkylation sites (N-methyl/N-ethyl adjacent to an activating group) is 1. The number of ether oxygens (including phenoxy) is 1. The fraction of sp³-hybridized carbons (Fsp3) is 0.276. The standard InChI is InChI=1S/C29H30N4O2S/c1-19-11-12-25(35-3)23(16-19)30-29(34)33-17-22-21-13-15-31(2)18-26(21)36-28(22)32-14-7-10-24(32)27(33)20-8-5-4-6-9-20/h4-12,14,16,27H,13,15,17-18H2,1-3H3,(H,30,34). The summed E-state index contributed by atoms with van der Waals surface area (Å²) in [5, 5.41) is 4.42. The average molecular weight is 499 g/mol. The van der Waals surface area contributed by atoms with E-state index < -0.39 is 0 Å². The molecule has 0 saturated heterocycles. The third-order valence-corrected chi connectivity index (χ3v) is 8.49. The second kappa shape index (κ2) is 9.15. The van der Waals surface area contributed by atoms with Crippen LogP contribution in [0.5, 0.6) is 5.75 Å². The molecule has 7 heteroatoms. The molecule has 0 aliphatic carbocycles. The number of carbonyl (C=O) groups excluding carboxylic acids is 1. The molecule has 1 unspecified atom stereocenters. The van der Waals surface area contributed by atoms with Crippen LogP contribution in [0.2, 0.25) is 0 Å². The molecule has 6 rings (SSSR count). The monoisotopic (exact) mass is 498 g/mol. The van der Waals surface area contributed by atoms with Crippen molar-refractivity contribution in [3.05, 3.63) is 99.7 Å². The maximum Gasteiger partial charge on any atom is 0.323 e. The van der Waals surface area contributed by atoms with Crippen molar-refractivity contribution < 1.29 is 9.53 Å². The largest absolute Gasteiger partial charge is 0.495 e. The van der Waals surface area contributed by atoms with Crippen molar-refractivity contribution in [2.75, 3.05) is 26.0 Å². The number of aryl methyl sites for hydroxylation is 1. The highest BCUT2D eigenvalue weighted by Crippen LogP contribution is 2.43. The molecule has 2 amide bonds. The number of hydrogen-bond donors (Lipinski definition) is 1. The van der Waals surface area contributed by atoms with E-state index in [-0.39, 0.29) is 12.1 Å². The molecule has 0 fully saturated rings. The van der Waals surface area contributed by atoms with Crippen LogP contribution in [-0.2, 0) is 19.5 Å². The molecular weight excluding hydrogens is 468 g/mol. The van der Waals surface area contributed by atoms with Crippen LogP contribution in [0.1, 0.15) is 38.9 Å². The van der Waals surface area contributed by atoms with Gasteiger partial charge in [0.15, 0.2) is 0 Å². The Balaban J connectivity index is 1.49. The Hall–Kier alpha value is -3.55. The van der Waals surface area contributed by atoms with Crippen LogP contribution in [0.15, 0.2) is 66.9 Å². The van der Waals surface area contributed by atoms with Crippen LogP contribution in [0, 0.1) is 6.92 Å². The van der Waals surface area contributed by atoms with Crippen molar-refractivity contribution in [2.45, 2.75) is 32.5 Å². The number of carbonyl (C=O) groups is 1. The van der Waals surface area contributed by atoms with E-state index in [0.717, 1.165) is 36.3 Å². The van der Waals surface area contributed by atoms with E-state index in [1.165, 1.54) is 21.0 Å². The maximum absolute atomic E-state index is 14.1. The number of fused-ring (bicyclic) bond motifs is 5. The van der Waals surface area contributed by atoms with Gasteiger partial charge in [0.25, 0.3) is 0 Å². The second-order valence-electron chi connectivity index (χ2n) is 9.65. The molecule has 0 radical (unpaired) electrons. The van der Waals surface area contributed by atoms with E-state index in [4.69, 9.17) is 4.74 Å². The van der Waals surface area contributed by atoms with Crippen LogP contribution >= 0.6 is 11.3 Å². The lowest BCUT2D eigenvalue weighted by molar-refractivity contribution is 0.194. The first-order valence-electron chi connectivity index (χ1n) is 12.3. The summed E-state index contributed by atoms with van der Waals surface area (Å²) in [6, 6.07) is 20.0. The number of amides is 2. The average Bonchev–Trinajstić information content (AvgIpc) is 3.46. The zero-order valence-corrected chi connectivity index (χ0v) is 21.6. The molecule has 2 aromatic carbocycles. The molecule has 0 saturated carbocycles. The molecule has 6 nitrogen and oxygen atoms in total. The highest BCUT2D eigenvalue weighted by atomic mass is 32.1. The van der Waals surface area contributed by atoms with Crippen LogP contribution < -0.4 is 10.1 Å². The van der Waals surface area contributed by atoms with Crippen LogP contribution in [-0.4, -0.2) is 41.1 Å². The normalized spacial score (nSPS) is 17.1. The van der Waals surface area contributed by atoms with Gasteiger partial charge in [0.05, 0.1) is 31.1 Å². The molecule has 2 aliphatic heterocycles. The number of anilines is 1. The highest BCUT2D eigenvalue weighted by Gasteiger charge is 2.36. The lowest BCUT2D eigenvalue weighted by Crippen LogP contribution is -2.38. The first kappa shape index (κ1) is 22.9. The first-order chi connectivity index (χ1) is 17.5. The molecule has 2 aliphatic rings. The predicted molar refractivity (Wildman–Crippen MR) is 144 cm³/mol. The van der Waals surface area contributed by atoms with Gasteiger partial charge in [0.1, 0.15) is 10.8 Å². The number of methoxy groups -OCH3 is 1. The molecule has 1 atom stereocenters. The molecule has 1 N–H and O–H groups in total. The van der Waals surface area contributed by atoms with E-state index >= 15 is 0 Å². The van der Waals surface area contributed by atoms with Gasteiger partial charge in [-0.1, -0.05) is 36.4 Å². The van der Waals surface area contributed by atoms with Crippen molar-refractivity contribution >= 4 is 23.1 Å². The van der Waals surface area contributed by atoms with Crippen molar-refractivity contribution in [2.24, 2.45) is 0 Å². The summed E-state index contributed by atoms with van der Waals surface area (Å²) >= 11 is 1.87. The Morgan fingerprint density at radius 2 is 1.89 bits per heavy atom. The van der Waals surface area contributed by atoms with Gasteiger partial charge in [0, 0.05) is 29.7 Å². The lowest BCUT2D eigenvalue weighted by Gasteiger charge is -2.32. The summed E-state index contributed by atoms with van der Waals surface area (Å²) in [6.07, 6.45) is 3.15. The summed E-state index contributed by atoms with van der Waals surface area (Å²) in [6.45, 7) is 4.55. The van der Waals surface area contributed by atoms with Gasteiger partial charge >= 0.3 is 6.03 Å². The van der Waals surface area contributed by atoms with E-state index in [9.17, 15) is 4.79 Å². The molecule has 4 aromatic rings. The van der Waals surface area contributed by atoms with E-state index in [1.54, 1.807) is 7.11 Å². The van der Waals surface area contributed by atoms with Gasteiger partial charge in [-0.25, -0.2) is 4.79 Å². The van der Waals surface area contributed by atoms with Crippen molar-refractivity contribution in [1.29, 1.82) is 0 Å². The van der Waals surface area contributed by atoms with E-state index in [1.807, 2.05) is 59.6 Å². The Kier molecular flexibility index (Phi) is 5.82. The fourth-order valence-electron chi connectivity index (χ4n) is 5.44. The lowest BCUT2D eigenvalue weighted by atomic mass is 10.0. The molecule has 184 valence electrons. The van der Waals surface area contributed by atoms with Gasteiger partial charge in [-0.15, -0.1) is 11.3 Å².